The number of methoxy groups -OCH3 is 2. The van der Waals surface area contributed by atoms with Crippen LogP contribution in [0.1, 0.15) is 23.6 Å². The number of likely N-dealkylation sites (tertiary alicyclic amines) is 1. The molecule has 1 fully saturated rings. The molecule has 170 valence electrons. The van der Waals surface area contributed by atoms with Gasteiger partial charge in [-0.3, -0.25) is 9.59 Å². The molecule has 0 unspecified atom stereocenters. The number of phenolic OH excluding ortho intramolecular Hbond substituents is 1. The van der Waals surface area contributed by atoms with Gasteiger partial charge in [-0.2, -0.15) is 0 Å². The fraction of sp³-hybridized carbons (Fsp3) is 0.333. The lowest BCUT2D eigenvalue weighted by Crippen LogP contribution is -2.32. The van der Waals surface area contributed by atoms with Crippen LogP contribution in [-0.4, -0.2) is 73.1 Å². The zero-order chi connectivity index (χ0) is 23.4. The van der Waals surface area contributed by atoms with E-state index in [4.69, 9.17) is 9.47 Å². The van der Waals surface area contributed by atoms with E-state index in [-0.39, 0.29) is 16.9 Å². The number of rotatable bonds is 8. The van der Waals surface area contributed by atoms with Crippen molar-refractivity contribution in [2.24, 2.45) is 0 Å². The normalized spacial score (nSPS) is 17.8. The SMILES string of the molecule is COc1cccc([C@H]2C(=C(O)c3ccc(OC)cc3O)C(=O)C(=O)N2CCCN(C)C)c1. The Bertz CT molecular complexity index is 1050. The highest BCUT2D eigenvalue weighted by molar-refractivity contribution is 6.46. The topological polar surface area (TPSA) is 99.5 Å². The molecule has 1 heterocycles. The molecular formula is C24H28N2O6. The van der Waals surface area contributed by atoms with Crippen molar-refractivity contribution in [2.45, 2.75) is 12.5 Å². The van der Waals surface area contributed by atoms with Crippen molar-refractivity contribution in [2.75, 3.05) is 41.4 Å². The molecule has 0 bridgehead atoms. The number of Topliss-reactive ketones (excluding diaryl/α,β-unsaturated/α-hetero) is 1. The van der Waals surface area contributed by atoms with Crippen molar-refractivity contribution >= 4 is 17.4 Å². The molecule has 3 rings (SSSR count). The van der Waals surface area contributed by atoms with Gasteiger partial charge in [-0.25, -0.2) is 0 Å². The van der Waals surface area contributed by atoms with Gasteiger partial charge in [0.2, 0.25) is 0 Å². The standard InChI is InChI=1S/C24H28N2O6/c1-25(2)11-6-12-26-21(15-7-5-8-16(13-15)31-3)20(23(29)24(26)30)22(28)18-10-9-17(32-4)14-19(18)27/h5,7-10,13-14,21,27-28H,6,11-12H2,1-4H3/t21-/m0/s1. The van der Waals surface area contributed by atoms with Gasteiger partial charge in [-0.15, -0.1) is 0 Å². The number of aliphatic hydroxyl groups excluding tert-OH is 1. The van der Waals surface area contributed by atoms with Crippen LogP contribution in [0.25, 0.3) is 5.76 Å². The summed E-state index contributed by atoms with van der Waals surface area (Å²) < 4.78 is 10.4. The molecule has 2 aromatic carbocycles. The number of benzene rings is 2. The lowest BCUT2D eigenvalue weighted by atomic mass is 9.94. The van der Waals surface area contributed by atoms with Crippen molar-refractivity contribution in [1.82, 2.24) is 9.80 Å². The number of amides is 1. The Labute approximate surface area is 187 Å². The molecule has 1 saturated heterocycles. The number of aromatic hydroxyl groups is 1. The van der Waals surface area contributed by atoms with Crippen molar-refractivity contribution in [3.63, 3.8) is 0 Å². The van der Waals surface area contributed by atoms with Crippen LogP contribution in [0.4, 0.5) is 0 Å². The van der Waals surface area contributed by atoms with E-state index < -0.39 is 23.5 Å². The zero-order valence-electron chi connectivity index (χ0n) is 18.7. The Morgan fingerprint density at radius 3 is 2.38 bits per heavy atom. The van der Waals surface area contributed by atoms with E-state index in [0.717, 1.165) is 6.54 Å². The Balaban J connectivity index is 2.14. The van der Waals surface area contributed by atoms with Crippen LogP contribution in [0.15, 0.2) is 48.0 Å². The number of phenols is 1. The summed E-state index contributed by atoms with van der Waals surface area (Å²) in [6.07, 6.45) is 0.647. The summed E-state index contributed by atoms with van der Waals surface area (Å²) in [6.45, 7) is 1.06. The van der Waals surface area contributed by atoms with Gasteiger partial charge in [0.25, 0.3) is 11.7 Å². The number of hydrogen-bond donors (Lipinski definition) is 2. The summed E-state index contributed by atoms with van der Waals surface area (Å²) >= 11 is 0. The van der Waals surface area contributed by atoms with E-state index in [2.05, 4.69) is 0 Å². The molecule has 0 saturated carbocycles. The van der Waals surface area contributed by atoms with Gasteiger partial charge in [0.15, 0.2) is 0 Å². The molecule has 32 heavy (non-hydrogen) atoms. The lowest BCUT2D eigenvalue weighted by Gasteiger charge is -2.26. The summed E-state index contributed by atoms with van der Waals surface area (Å²) in [5.41, 5.74) is 0.599. The molecule has 0 aromatic heterocycles. The molecule has 1 aliphatic rings. The third kappa shape index (κ3) is 4.55. The molecule has 2 aromatic rings. The predicted octanol–water partition coefficient (Wildman–Crippen LogP) is 2.78. The van der Waals surface area contributed by atoms with E-state index >= 15 is 0 Å². The first-order chi connectivity index (χ1) is 15.3. The number of hydrogen-bond acceptors (Lipinski definition) is 7. The van der Waals surface area contributed by atoms with Crippen molar-refractivity contribution in [3.8, 4) is 17.2 Å². The van der Waals surface area contributed by atoms with Gasteiger partial charge in [-0.05, 0) is 56.9 Å². The minimum atomic E-state index is -0.811. The molecule has 0 spiro atoms. The Morgan fingerprint density at radius 1 is 1.06 bits per heavy atom. The highest BCUT2D eigenvalue weighted by atomic mass is 16.5. The van der Waals surface area contributed by atoms with Crippen molar-refractivity contribution < 1.29 is 29.3 Å². The molecule has 2 N–H and O–H groups in total. The van der Waals surface area contributed by atoms with Gasteiger partial charge in [0.05, 0.1) is 31.4 Å². The van der Waals surface area contributed by atoms with Crippen LogP contribution in [0.2, 0.25) is 0 Å². The van der Waals surface area contributed by atoms with Crippen LogP contribution in [0, 0.1) is 0 Å². The molecule has 0 radical (unpaired) electrons. The third-order valence-corrected chi connectivity index (χ3v) is 5.41. The van der Waals surface area contributed by atoms with E-state index in [9.17, 15) is 19.8 Å². The number of carbonyl (C=O) groups excluding carboxylic acids is 2. The van der Waals surface area contributed by atoms with Crippen LogP contribution in [0.3, 0.4) is 0 Å². The summed E-state index contributed by atoms with van der Waals surface area (Å²) in [6, 6.07) is 10.6. The molecule has 8 nitrogen and oxygen atoms in total. The monoisotopic (exact) mass is 440 g/mol. The molecule has 1 amide bonds. The fourth-order valence-electron chi connectivity index (χ4n) is 3.81. The quantitative estimate of drug-likeness (QED) is 0.370. The Kier molecular flexibility index (Phi) is 7.05. The van der Waals surface area contributed by atoms with Crippen molar-refractivity contribution in [1.29, 1.82) is 0 Å². The number of ketones is 1. The van der Waals surface area contributed by atoms with E-state index in [0.29, 0.717) is 30.0 Å². The minimum absolute atomic E-state index is 0.0463. The average Bonchev–Trinajstić information content (AvgIpc) is 3.03. The average molecular weight is 440 g/mol. The Hall–Kier alpha value is -3.52. The summed E-state index contributed by atoms with van der Waals surface area (Å²) in [5, 5.41) is 21.5. The van der Waals surface area contributed by atoms with Crippen LogP contribution in [0.5, 0.6) is 17.2 Å². The predicted molar refractivity (Wildman–Crippen MR) is 120 cm³/mol. The molecule has 1 aliphatic heterocycles. The first-order valence-corrected chi connectivity index (χ1v) is 10.2. The second-order valence-corrected chi connectivity index (χ2v) is 7.81. The largest absolute Gasteiger partial charge is 0.507 e. The summed E-state index contributed by atoms with van der Waals surface area (Å²) in [5.74, 6) is -1.22. The van der Waals surface area contributed by atoms with Gasteiger partial charge >= 0.3 is 0 Å². The minimum Gasteiger partial charge on any atom is -0.507 e. The third-order valence-electron chi connectivity index (χ3n) is 5.41. The second-order valence-electron chi connectivity index (χ2n) is 7.81. The number of aliphatic hydroxyl groups is 1. The first kappa shape index (κ1) is 23.1. The van der Waals surface area contributed by atoms with E-state index in [1.54, 1.807) is 30.3 Å². The first-order valence-electron chi connectivity index (χ1n) is 10.2. The molecule has 1 atom stereocenters. The lowest BCUT2D eigenvalue weighted by molar-refractivity contribution is -0.139. The van der Waals surface area contributed by atoms with Crippen molar-refractivity contribution in [3.05, 3.63) is 59.2 Å². The van der Waals surface area contributed by atoms with Gasteiger partial charge in [0.1, 0.15) is 23.0 Å². The highest BCUT2D eigenvalue weighted by Gasteiger charge is 2.46. The second kappa shape index (κ2) is 9.74. The number of ether oxygens (including phenoxy) is 2. The maximum Gasteiger partial charge on any atom is 0.295 e. The van der Waals surface area contributed by atoms with Crippen LogP contribution < -0.4 is 9.47 Å². The van der Waals surface area contributed by atoms with Gasteiger partial charge in [0, 0.05) is 12.6 Å². The fourth-order valence-corrected chi connectivity index (χ4v) is 3.81. The van der Waals surface area contributed by atoms with E-state index in [1.807, 2.05) is 19.0 Å². The summed E-state index contributed by atoms with van der Waals surface area (Å²) in [7, 11) is 6.85. The maximum atomic E-state index is 13.0. The molecule has 0 aliphatic carbocycles. The number of carbonyl (C=O) groups is 2. The maximum absolute atomic E-state index is 13.0. The van der Waals surface area contributed by atoms with Gasteiger partial charge < -0.3 is 29.5 Å². The highest BCUT2D eigenvalue weighted by Crippen LogP contribution is 2.42. The molecule has 8 heteroatoms. The van der Waals surface area contributed by atoms with Gasteiger partial charge in [-0.1, -0.05) is 12.1 Å². The van der Waals surface area contributed by atoms with Crippen LogP contribution >= 0.6 is 0 Å². The smallest absolute Gasteiger partial charge is 0.295 e. The van der Waals surface area contributed by atoms with Crippen LogP contribution in [-0.2, 0) is 9.59 Å². The Morgan fingerprint density at radius 2 is 1.75 bits per heavy atom. The zero-order valence-corrected chi connectivity index (χ0v) is 18.7. The summed E-state index contributed by atoms with van der Waals surface area (Å²) in [4.78, 5) is 29.5. The molecular weight excluding hydrogens is 412 g/mol. The van der Waals surface area contributed by atoms with E-state index in [1.165, 1.54) is 31.3 Å². The number of nitrogens with zero attached hydrogens (tertiary/aromatic N) is 2.